The number of fused-ring (bicyclic) bond motifs is 3. The van der Waals surface area contributed by atoms with Crippen LogP contribution in [0.1, 0.15) is 17.4 Å². The predicted molar refractivity (Wildman–Crippen MR) is 80.6 cm³/mol. The molecule has 3 nitrogen and oxygen atoms in total. The van der Waals surface area contributed by atoms with Gasteiger partial charge in [-0.1, -0.05) is 30.3 Å². The molecule has 0 bridgehead atoms. The van der Waals surface area contributed by atoms with Crippen LogP contribution in [-0.2, 0) is 0 Å². The van der Waals surface area contributed by atoms with E-state index >= 15 is 0 Å². The molecule has 2 aromatic carbocycles. The standard InChI is InChI=1S/C17H14FN3/c1-11-10-16-14-4-2-3-5-15(14)19-17(21(16)20-11)12-6-8-13(18)9-7-12/h2-10,17,19H,1H3. The molecule has 1 unspecified atom stereocenters. The van der Waals surface area contributed by atoms with Crippen molar-refractivity contribution in [2.45, 2.75) is 13.1 Å². The average Bonchev–Trinajstić information content (AvgIpc) is 2.89. The van der Waals surface area contributed by atoms with Crippen LogP contribution in [0, 0.1) is 12.7 Å². The third-order valence-corrected chi connectivity index (χ3v) is 3.78. The summed E-state index contributed by atoms with van der Waals surface area (Å²) >= 11 is 0. The zero-order valence-electron chi connectivity index (χ0n) is 11.5. The van der Waals surface area contributed by atoms with Crippen molar-refractivity contribution < 1.29 is 4.39 Å². The summed E-state index contributed by atoms with van der Waals surface area (Å²) < 4.78 is 15.1. The zero-order valence-corrected chi connectivity index (χ0v) is 11.5. The lowest BCUT2D eigenvalue weighted by Gasteiger charge is -2.29. The Hall–Kier alpha value is -2.62. The number of nitrogens with zero attached hydrogens (tertiary/aromatic N) is 2. The fourth-order valence-electron chi connectivity index (χ4n) is 2.83. The molecule has 21 heavy (non-hydrogen) atoms. The van der Waals surface area contributed by atoms with Crippen LogP contribution in [0.25, 0.3) is 11.3 Å². The van der Waals surface area contributed by atoms with Gasteiger partial charge in [0.1, 0.15) is 12.0 Å². The maximum atomic E-state index is 13.2. The van der Waals surface area contributed by atoms with E-state index in [0.717, 1.165) is 28.2 Å². The maximum Gasteiger partial charge on any atom is 0.147 e. The van der Waals surface area contributed by atoms with E-state index in [9.17, 15) is 4.39 Å². The van der Waals surface area contributed by atoms with E-state index in [4.69, 9.17) is 0 Å². The number of para-hydroxylation sites is 1. The molecule has 0 amide bonds. The smallest absolute Gasteiger partial charge is 0.147 e. The molecule has 0 spiro atoms. The second-order valence-corrected chi connectivity index (χ2v) is 5.26. The van der Waals surface area contributed by atoms with Crippen LogP contribution in [-0.4, -0.2) is 9.78 Å². The fraction of sp³-hybridized carbons (Fsp3) is 0.118. The molecule has 0 saturated heterocycles. The van der Waals surface area contributed by atoms with Crippen LogP contribution >= 0.6 is 0 Å². The van der Waals surface area contributed by atoms with E-state index in [2.05, 4.69) is 28.6 Å². The molecule has 0 radical (unpaired) electrons. The van der Waals surface area contributed by atoms with Crippen LogP contribution in [0.5, 0.6) is 0 Å². The van der Waals surface area contributed by atoms with Crippen LogP contribution in [0.3, 0.4) is 0 Å². The van der Waals surface area contributed by atoms with Gasteiger partial charge >= 0.3 is 0 Å². The number of aromatic nitrogens is 2. The number of anilines is 1. The maximum absolute atomic E-state index is 13.2. The minimum absolute atomic E-state index is 0.121. The number of nitrogens with one attached hydrogen (secondary N) is 1. The van der Waals surface area contributed by atoms with Gasteiger partial charge < -0.3 is 5.32 Å². The Morgan fingerprint density at radius 2 is 1.86 bits per heavy atom. The first-order chi connectivity index (χ1) is 10.2. The second-order valence-electron chi connectivity index (χ2n) is 5.26. The molecule has 0 saturated carbocycles. The highest BCUT2D eigenvalue weighted by atomic mass is 19.1. The Balaban J connectivity index is 1.89. The van der Waals surface area contributed by atoms with E-state index in [1.165, 1.54) is 12.1 Å². The van der Waals surface area contributed by atoms with Gasteiger partial charge in [-0.25, -0.2) is 9.07 Å². The largest absolute Gasteiger partial charge is 0.359 e. The monoisotopic (exact) mass is 279 g/mol. The van der Waals surface area contributed by atoms with Crippen molar-refractivity contribution in [3.05, 3.63) is 71.7 Å². The van der Waals surface area contributed by atoms with Gasteiger partial charge in [-0.15, -0.1) is 0 Å². The summed E-state index contributed by atoms with van der Waals surface area (Å²) in [4.78, 5) is 0. The average molecular weight is 279 g/mol. The highest BCUT2D eigenvalue weighted by Gasteiger charge is 2.25. The Morgan fingerprint density at radius 1 is 1.10 bits per heavy atom. The molecule has 1 aliphatic rings. The summed E-state index contributed by atoms with van der Waals surface area (Å²) in [6.07, 6.45) is -0.121. The number of aryl methyl sites for hydroxylation is 1. The molecular weight excluding hydrogens is 265 g/mol. The molecule has 0 fully saturated rings. The van der Waals surface area contributed by atoms with Crippen molar-refractivity contribution in [1.82, 2.24) is 9.78 Å². The van der Waals surface area contributed by atoms with Gasteiger partial charge in [-0.2, -0.15) is 5.10 Å². The van der Waals surface area contributed by atoms with Gasteiger partial charge in [0.05, 0.1) is 11.4 Å². The van der Waals surface area contributed by atoms with Crippen LogP contribution in [0.15, 0.2) is 54.6 Å². The Labute approximate surface area is 122 Å². The van der Waals surface area contributed by atoms with E-state index in [1.54, 1.807) is 12.1 Å². The molecule has 1 atom stereocenters. The Bertz CT molecular complexity index is 805. The first-order valence-corrected chi connectivity index (χ1v) is 6.90. The highest BCUT2D eigenvalue weighted by Crippen LogP contribution is 2.38. The Morgan fingerprint density at radius 3 is 2.67 bits per heavy atom. The molecule has 4 heteroatoms. The quantitative estimate of drug-likeness (QED) is 0.730. The summed E-state index contributed by atoms with van der Waals surface area (Å²) in [6.45, 7) is 1.98. The summed E-state index contributed by atoms with van der Waals surface area (Å²) in [7, 11) is 0. The minimum atomic E-state index is -0.230. The first-order valence-electron chi connectivity index (χ1n) is 6.90. The van der Waals surface area contributed by atoms with E-state index < -0.39 is 0 Å². The van der Waals surface area contributed by atoms with Gasteiger partial charge in [-0.3, -0.25) is 0 Å². The summed E-state index contributed by atoms with van der Waals surface area (Å²) in [5.74, 6) is -0.230. The van der Waals surface area contributed by atoms with Crippen molar-refractivity contribution in [2.24, 2.45) is 0 Å². The van der Waals surface area contributed by atoms with Crippen molar-refractivity contribution in [1.29, 1.82) is 0 Å². The molecule has 0 aliphatic carbocycles. The highest BCUT2D eigenvalue weighted by molar-refractivity contribution is 5.78. The molecular formula is C17H14FN3. The first kappa shape index (κ1) is 12.1. The molecule has 104 valence electrons. The predicted octanol–water partition coefficient (Wildman–Crippen LogP) is 3.97. The van der Waals surface area contributed by atoms with Gasteiger partial charge in [0.15, 0.2) is 0 Å². The van der Waals surface area contributed by atoms with E-state index in [0.29, 0.717) is 0 Å². The fourth-order valence-corrected chi connectivity index (χ4v) is 2.83. The van der Waals surface area contributed by atoms with Crippen molar-refractivity contribution in [3.8, 4) is 11.3 Å². The topological polar surface area (TPSA) is 29.9 Å². The Kier molecular flexibility index (Phi) is 2.57. The van der Waals surface area contributed by atoms with E-state index in [-0.39, 0.29) is 12.0 Å². The van der Waals surface area contributed by atoms with Crippen LogP contribution in [0.2, 0.25) is 0 Å². The SMILES string of the molecule is Cc1cc2n(n1)C(c1ccc(F)cc1)Nc1ccccc1-2. The number of hydrogen-bond acceptors (Lipinski definition) is 2. The van der Waals surface area contributed by atoms with Gasteiger partial charge in [0, 0.05) is 11.3 Å². The van der Waals surface area contributed by atoms with Crippen molar-refractivity contribution >= 4 is 5.69 Å². The molecule has 1 aliphatic heterocycles. The van der Waals surface area contributed by atoms with Gasteiger partial charge in [0.2, 0.25) is 0 Å². The lowest BCUT2D eigenvalue weighted by atomic mass is 10.0. The summed E-state index contributed by atoms with van der Waals surface area (Å²) in [6, 6.07) is 16.8. The second kappa shape index (κ2) is 4.45. The van der Waals surface area contributed by atoms with Crippen molar-refractivity contribution in [3.63, 3.8) is 0 Å². The number of halogens is 1. The molecule has 3 aromatic rings. The normalized spacial score (nSPS) is 16.0. The molecule has 2 heterocycles. The number of rotatable bonds is 1. The molecule has 1 aromatic heterocycles. The molecule has 4 rings (SSSR count). The third-order valence-electron chi connectivity index (χ3n) is 3.78. The lowest BCUT2D eigenvalue weighted by molar-refractivity contribution is 0.568. The number of hydrogen-bond donors (Lipinski definition) is 1. The van der Waals surface area contributed by atoms with E-state index in [1.807, 2.05) is 23.7 Å². The lowest BCUT2D eigenvalue weighted by Crippen LogP contribution is -2.25. The van der Waals surface area contributed by atoms with Crippen LogP contribution in [0.4, 0.5) is 10.1 Å². The molecule has 1 N–H and O–H groups in total. The van der Waals surface area contributed by atoms with Crippen molar-refractivity contribution in [2.75, 3.05) is 5.32 Å². The summed E-state index contributed by atoms with van der Waals surface area (Å²) in [5.41, 5.74) is 5.23. The third kappa shape index (κ3) is 1.91. The summed E-state index contributed by atoms with van der Waals surface area (Å²) in [5, 5.41) is 8.07. The minimum Gasteiger partial charge on any atom is -0.359 e. The van der Waals surface area contributed by atoms with Gasteiger partial charge in [0.25, 0.3) is 0 Å². The zero-order chi connectivity index (χ0) is 14.4. The number of benzene rings is 2. The van der Waals surface area contributed by atoms with Crippen LogP contribution < -0.4 is 5.32 Å². The van der Waals surface area contributed by atoms with Gasteiger partial charge in [-0.05, 0) is 36.8 Å².